The second-order valence-electron chi connectivity index (χ2n) is 3.44. The van der Waals surface area contributed by atoms with E-state index >= 15 is 0 Å². The third-order valence-corrected chi connectivity index (χ3v) is 2.62. The van der Waals surface area contributed by atoms with Crippen LogP contribution in [0.1, 0.15) is 11.1 Å². The Morgan fingerprint density at radius 2 is 2.00 bits per heavy atom. The molecule has 0 aliphatic heterocycles. The summed E-state index contributed by atoms with van der Waals surface area (Å²) in [5, 5.41) is 11.1. The Balaban J connectivity index is 2.75. The zero-order chi connectivity index (χ0) is 10.8. The first-order valence-corrected chi connectivity index (χ1v) is 4.73. The first-order valence-electron chi connectivity index (χ1n) is 4.73. The van der Waals surface area contributed by atoms with E-state index in [1.807, 2.05) is 37.3 Å². The number of hydrogen-bond donors (Lipinski definition) is 0. The van der Waals surface area contributed by atoms with Gasteiger partial charge >= 0.3 is 0 Å². The summed E-state index contributed by atoms with van der Waals surface area (Å²) in [5.41, 5.74) is 1.75. The molecule has 0 radical (unpaired) electrons. The average Bonchev–Trinajstić information content (AvgIpc) is 2.29. The van der Waals surface area contributed by atoms with E-state index in [0.29, 0.717) is 0 Å². The lowest BCUT2D eigenvalue weighted by atomic mass is 10.0. The highest BCUT2D eigenvalue weighted by atomic mass is 16.5. The molecule has 0 atom stereocenters. The van der Waals surface area contributed by atoms with Crippen LogP contribution in [0.4, 0.5) is 0 Å². The monoisotopic (exact) mass is 197 g/mol. The molecule has 0 heterocycles. The van der Waals surface area contributed by atoms with Gasteiger partial charge in [0.1, 0.15) is 5.75 Å². The van der Waals surface area contributed by atoms with Gasteiger partial charge in [0, 0.05) is 0 Å². The highest BCUT2D eigenvalue weighted by molar-refractivity contribution is 5.88. The molecular weight excluding hydrogens is 186 g/mol. The fourth-order valence-electron chi connectivity index (χ4n) is 1.71. The molecule has 0 saturated heterocycles. The van der Waals surface area contributed by atoms with Gasteiger partial charge in [0.2, 0.25) is 0 Å². The van der Waals surface area contributed by atoms with Gasteiger partial charge in [-0.05, 0) is 41.5 Å². The van der Waals surface area contributed by atoms with E-state index in [1.54, 1.807) is 7.11 Å². The molecule has 0 saturated carbocycles. The summed E-state index contributed by atoms with van der Waals surface area (Å²) in [6.07, 6.45) is 0. The Morgan fingerprint density at radius 3 is 2.67 bits per heavy atom. The zero-order valence-corrected chi connectivity index (χ0v) is 8.74. The van der Waals surface area contributed by atoms with Crippen LogP contribution in [0, 0.1) is 18.3 Å². The highest BCUT2D eigenvalue weighted by Gasteiger charge is 2.03. The first kappa shape index (κ1) is 9.54. The highest BCUT2D eigenvalue weighted by Crippen LogP contribution is 2.25. The largest absolute Gasteiger partial charge is 0.497 e. The molecule has 2 aromatic carbocycles. The van der Waals surface area contributed by atoms with Crippen molar-refractivity contribution in [3.63, 3.8) is 0 Å². The minimum Gasteiger partial charge on any atom is -0.497 e. The van der Waals surface area contributed by atoms with Crippen LogP contribution in [0.2, 0.25) is 0 Å². The molecule has 0 spiro atoms. The minimum atomic E-state index is 0.729. The van der Waals surface area contributed by atoms with Crippen LogP contribution in [-0.2, 0) is 0 Å². The second kappa shape index (κ2) is 3.62. The molecule has 0 N–H and O–H groups in total. The maximum absolute atomic E-state index is 8.90. The fourth-order valence-corrected chi connectivity index (χ4v) is 1.71. The number of methoxy groups -OCH3 is 1. The smallest absolute Gasteiger partial charge is 0.119 e. The molecule has 0 aliphatic rings. The number of rotatable bonds is 1. The number of benzene rings is 2. The van der Waals surface area contributed by atoms with Crippen molar-refractivity contribution in [2.75, 3.05) is 7.11 Å². The van der Waals surface area contributed by atoms with Crippen molar-refractivity contribution in [3.05, 3.63) is 41.5 Å². The Bertz CT molecular complexity index is 552. The SMILES string of the molecule is COc1ccc2c(C)c(C#N)ccc2c1. The third kappa shape index (κ3) is 1.53. The maximum Gasteiger partial charge on any atom is 0.119 e. The molecular formula is C13H11NO. The summed E-state index contributed by atoms with van der Waals surface area (Å²) in [5.74, 6) is 0.839. The van der Waals surface area contributed by atoms with Gasteiger partial charge < -0.3 is 4.74 Å². The summed E-state index contributed by atoms with van der Waals surface area (Å²) in [6, 6.07) is 11.9. The maximum atomic E-state index is 8.90. The van der Waals surface area contributed by atoms with Crippen LogP contribution in [0.25, 0.3) is 10.8 Å². The quantitative estimate of drug-likeness (QED) is 0.704. The van der Waals surface area contributed by atoms with Gasteiger partial charge in [-0.15, -0.1) is 0 Å². The van der Waals surface area contributed by atoms with Crippen LogP contribution >= 0.6 is 0 Å². The topological polar surface area (TPSA) is 33.0 Å². The van der Waals surface area contributed by atoms with Gasteiger partial charge in [0.15, 0.2) is 0 Å². The van der Waals surface area contributed by atoms with Gasteiger partial charge in [-0.2, -0.15) is 5.26 Å². The zero-order valence-electron chi connectivity index (χ0n) is 8.74. The summed E-state index contributed by atoms with van der Waals surface area (Å²) >= 11 is 0. The number of ether oxygens (including phenoxy) is 1. The lowest BCUT2D eigenvalue weighted by Gasteiger charge is -2.06. The van der Waals surface area contributed by atoms with Crippen molar-refractivity contribution in [3.8, 4) is 11.8 Å². The number of nitriles is 1. The normalized spacial score (nSPS) is 9.93. The van der Waals surface area contributed by atoms with E-state index in [9.17, 15) is 0 Å². The fraction of sp³-hybridized carbons (Fsp3) is 0.154. The number of fused-ring (bicyclic) bond motifs is 1. The molecule has 2 nitrogen and oxygen atoms in total. The van der Waals surface area contributed by atoms with Crippen LogP contribution in [-0.4, -0.2) is 7.11 Å². The van der Waals surface area contributed by atoms with E-state index in [0.717, 1.165) is 27.6 Å². The molecule has 0 aliphatic carbocycles. The van der Waals surface area contributed by atoms with E-state index in [1.165, 1.54) is 0 Å². The third-order valence-electron chi connectivity index (χ3n) is 2.62. The van der Waals surface area contributed by atoms with Gasteiger partial charge in [0.05, 0.1) is 18.7 Å². The standard InChI is InChI=1S/C13H11NO/c1-9-11(8-14)4-3-10-7-12(15-2)5-6-13(9)10/h3-7H,1-2H3. The van der Waals surface area contributed by atoms with Gasteiger partial charge in [0.25, 0.3) is 0 Å². The Kier molecular flexibility index (Phi) is 2.31. The van der Waals surface area contributed by atoms with Crippen LogP contribution in [0.3, 0.4) is 0 Å². The van der Waals surface area contributed by atoms with Crippen molar-refractivity contribution < 1.29 is 4.74 Å². The van der Waals surface area contributed by atoms with Crippen molar-refractivity contribution in [1.82, 2.24) is 0 Å². The molecule has 15 heavy (non-hydrogen) atoms. The molecule has 0 unspecified atom stereocenters. The molecule has 0 aromatic heterocycles. The summed E-state index contributed by atoms with van der Waals surface area (Å²) < 4.78 is 5.15. The average molecular weight is 197 g/mol. The lowest BCUT2D eigenvalue weighted by Crippen LogP contribution is -1.87. The summed E-state index contributed by atoms with van der Waals surface area (Å²) in [4.78, 5) is 0. The summed E-state index contributed by atoms with van der Waals surface area (Å²) in [7, 11) is 1.65. The molecule has 0 bridgehead atoms. The van der Waals surface area contributed by atoms with E-state index in [2.05, 4.69) is 6.07 Å². The van der Waals surface area contributed by atoms with Crippen LogP contribution in [0.5, 0.6) is 5.75 Å². The Hall–Kier alpha value is -2.01. The predicted octanol–water partition coefficient (Wildman–Crippen LogP) is 3.03. The molecule has 2 aromatic rings. The van der Waals surface area contributed by atoms with E-state index < -0.39 is 0 Å². The van der Waals surface area contributed by atoms with Gasteiger partial charge in [-0.1, -0.05) is 12.1 Å². The van der Waals surface area contributed by atoms with Crippen molar-refractivity contribution >= 4 is 10.8 Å². The number of hydrogen-bond acceptors (Lipinski definition) is 2. The van der Waals surface area contributed by atoms with Crippen molar-refractivity contribution in [1.29, 1.82) is 5.26 Å². The van der Waals surface area contributed by atoms with Crippen LogP contribution in [0.15, 0.2) is 30.3 Å². The second-order valence-corrected chi connectivity index (χ2v) is 3.44. The Labute approximate surface area is 88.7 Å². The van der Waals surface area contributed by atoms with Gasteiger partial charge in [-0.3, -0.25) is 0 Å². The lowest BCUT2D eigenvalue weighted by molar-refractivity contribution is 0.415. The predicted molar refractivity (Wildman–Crippen MR) is 60.0 cm³/mol. The molecule has 2 heteroatoms. The summed E-state index contributed by atoms with van der Waals surface area (Å²) in [6.45, 7) is 1.97. The molecule has 74 valence electrons. The van der Waals surface area contributed by atoms with Crippen molar-refractivity contribution in [2.24, 2.45) is 0 Å². The van der Waals surface area contributed by atoms with E-state index in [4.69, 9.17) is 10.00 Å². The molecule has 0 amide bonds. The molecule has 0 fully saturated rings. The minimum absolute atomic E-state index is 0.729. The molecule has 2 rings (SSSR count). The number of aryl methyl sites for hydroxylation is 1. The first-order chi connectivity index (χ1) is 7.26. The Morgan fingerprint density at radius 1 is 1.20 bits per heavy atom. The number of nitrogens with zero attached hydrogens (tertiary/aromatic N) is 1. The van der Waals surface area contributed by atoms with Crippen molar-refractivity contribution in [2.45, 2.75) is 6.92 Å². The van der Waals surface area contributed by atoms with Crippen LogP contribution < -0.4 is 4.74 Å². The van der Waals surface area contributed by atoms with Gasteiger partial charge in [-0.25, -0.2) is 0 Å². The van der Waals surface area contributed by atoms with E-state index in [-0.39, 0.29) is 0 Å².